The van der Waals surface area contributed by atoms with Crippen LogP contribution in [0.15, 0.2) is 0 Å². The Morgan fingerprint density at radius 3 is 2.44 bits per heavy atom. The zero-order valence-electron chi connectivity index (χ0n) is 10.3. The lowest BCUT2D eigenvalue weighted by molar-refractivity contribution is -0.150. The second kappa shape index (κ2) is 5.67. The van der Waals surface area contributed by atoms with E-state index in [0.29, 0.717) is 12.8 Å². The number of carboxylic acid groups (broad SMARTS) is 1. The van der Waals surface area contributed by atoms with Crippen molar-refractivity contribution in [2.24, 2.45) is 5.41 Å². The Kier molecular flexibility index (Phi) is 4.71. The highest BCUT2D eigenvalue weighted by atomic mass is 32.2. The van der Waals surface area contributed by atoms with Gasteiger partial charge in [0.05, 0.1) is 11.5 Å². The zero-order valence-corrected chi connectivity index (χ0v) is 11.2. The fourth-order valence-corrected chi connectivity index (χ4v) is 2.99. The molecule has 0 aliphatic heterocycles. The van der Waals surface area contributed by atoms with E-state index in [9.17, 15) is 18.3 Å². The van der Waals surface area contributed by atoms with Gasteiger partial charge < -0.3 is 5.11 Å². The predicted molar refractivity (Wildman–Crippen MR) is 65.2 cm³/mol. The first-order chi connectivity index (χ1) is 8.34. The summed E-state index contributed by atoms with van der Waals surface area (Å²) in [4.78, 5) is 11.3. The third-order valence-corrected chi connectivity index (χ3v) is 5.11. The minimum atomic E-state index is -3.76. The summed E-state index contributed by atoms with van der Waals surface area (Å²) in [6, 6.07) is 1.64. The zero-order chi connectivity index (χ0) is 13.8. The summed E-state index contributed by atoms with van der Waals surface area (Å²) < 4.78 is 25.6. The number of nitrogens with zero attached hydrogens (tertiary/aromatic N) is 1. The van der Waals surface area contributed by atoms with Crippen LogP contribution in [0.25, 0.3) is 0 Å². The van der Waals surface area contributed by atoms with Crippen LogP contribution >= 0.6 is 0 Å². The first-order valence-corrected chi connectivity index (χ1v) is 7.50. The molecule has 0 radical (unpaired) electrons. The molecule has 18 heavy (non-hydrogen) atoms. The van der Waals surface area contributed by atoms with Crippen LogP contribution in [-0.2, 0) is 14.8 Å². The molecule has 0 bridgehead atoms. The van der Waals surface area contributed by atoms with Crippen molar-refractivity contribution in [1.82, 2.24) is 4.72 Å². The van der Waals surface area contributed by atoms with Crippen LogP contribution in [0.4, 0.5) is 0 Å². The summed E-state index contributed by atoms with van der Waals surface area (Å²) >= 11 is 0. The molecule has 1 unspecified atom stereocenters. The van der Waals surface area contributed by atoms with E-state index in [4.69, 9.17) is 5.26 Å². The van der Waals surface area contributed by atoms with E-state index >= 15 is 0 Å². The topological polar surface area (TPSA) is 107 Å². The third kappa shape index (κ3) is 3.21. The minimum absolute atomic E-state index is 0.128. The van der Waals surface area contributed by atoms with E-state index in [0.717, 1.165) is 19.3 Å². The maximum atomic E-state index is 11.6. The third-order valence-electron chi connectivity index (χ3n) is 3.52. The van der Waals surface area contributed by atoms with Gasteiger partial charge in [-0.25, -0.2) is 13.1 Å². The summed E-state index contributed by atoms with van der Waals surface area (Å²) in [7, 11) is -3.76. The largest absolute Gasteiger partial charge is 0.481 e. The Morgan fingerprint density at radius 2 is 2.00 bits per heavy atom. The minimum Gasteiger partial charge on any atom is -0.481 e. The van der Waals surface area contributed by atoms with E-state index < -0.39 is 26.7 Å². The average Bonchev–Trinajstić information content (AvgIpc) is 2.36. The molecule has 1 aliphatic carbocycles. The number of carbonyl (C=O) groups is 1. The van der Waals surface area contributed by atoms with Crippen molar-refractivity contribution >= 4 is 16.0 Å². The molecule has 0 saturated heterocycles. The van der Waals surface area contributed by atoms with Crippen LogP contribution in [0, 0.1) is 16.7 Å². The summed E-state index contributed by atoms with van der Waals surface area (Å²) in [5.41, 5.74) is -1.01. The van der Waals surface area contributed by atoms with Crippen molar-refractivity contribution in [2.75, 3.05) is 6.54 Å². The monoisotopic (exact) mass is 274 g/mol. The van der Waals surface area contributed by atoms with E-state index in [1.54, 1.807) is 6.07 Å². The van der Waals surface area contributed by atoms with Crippen molar-refractivity contribution in [3.63, 3.8) is 0 Å². The van der Waals surface area contributed by atoms with Crippen LogP contribution in [-0.4, -0.2) is 31.3 Å². The van der Waals surface area contributed by atoms with Gasteiger partial charge in [-0.2, -0.15) is 5.26 Å². The highest BCUT2D eigenvalue weighted by Crippen LogP contribution is 2.36. The van der Waals surface area contributed by atoms with Crippen molar-refractivity contribution in [2.45, 2.75) is 44.3 Å². The maximum Gasteiger partial charge on any atom is 0.310 e. The first-order valence-electron chi connectivity index (χ1n) is 5.95. The van der Waals surface area contributed by atoms with E-state index in [2.05, 4.69) is 4.72 Å². The molecule has 0 spiro atoms. The molecule has 6 nitrogen and oxygen atoms in total. The second-order valence-corrected chi connectivity index (χ2v) is 6.87. The van der Waals surface area contributed by atoms with Crippen molar-refractivity contribution in [3.8, 4) is 6.07 Å². The number of aliphatic carboxylic acids is 1. The summed E-state index contributed by atoms with van der Waals surface area (Å²) in [5, 5.41) is 16.7. The quantitative estimate of drug-likeness (QED) is 0.773. The number of rotatable bonds is 5. The van der Waals surface area contributed by atoms with Crippen LogP contribution in [0.5, 0.6) is 0 Å². The van der Waals surface area contributed by atoms with E-state index in [-0.39, 0.29) is 6.54 Å². The highest BCUT2D eigenvalue weighted by Gasteiger charge is 2.40. The number of carboxylic acids is 1. The number of hydrogen-bond acceptors (Lipinski definition) is 4. The van der Waals surface area contributed by atoms with Gasteiger partial charge in [-0.1, -0.05) is 19.3 Å². The van der Waals surface area contributed by atoms with Crippen LogP contribution in [0.1, 0.15) is 39.0 Å². The average molecular weight is 274 g/mol. The van der Waals surface area contributed by atoms with Gasteiger partial charge in [0.2, 0.25) is 10.0 Å². The standard InChI is InChI=1S/C11H18N2O4S/c1-9(7-12)18(16,17)13-8-11(10(14)15)5-3-2-4-6-11/h9,13H,2-6,8H2,1H3,(H,14,15). The maximum absolute atomic E-state index is 11.6. The first kappa shape index (κ1) is 14.9. The van der Waals surface area contributed by atoms with Gasteiger partial charge in [0.25, 0.3) is 0 Å². The van der Waals surface area contributed by atoms with Crippen molar-refractivity contribution in [1.29, 1.82) is 5.26 Å². The lowest BCUT2D eigenvalue weighted by Gasteiger charge is -2.33. The van der Waals surface area contributed by atoms with Gasteiger partial charge in [-0.05, 0) is 19.8 Å². The molecule has 0 aromatic rings. The molecule has 1 aliphatic rings. The molecule has 1 rings (SSSR count). The lowest BCUT2D eigenvalue weighted by atomic mass is 9.74. The fourth-order valence-electron chi connectivity index (χ4n) is 2.13. The molecule has 102 valence electrons. The van der Waals surface area contributed by atoms with Crippen LogP contribution in [0.2, 0.25) is 0 Å². The molecule has 0 heterocycles. The summed E-state index contributed by atoms with van der Waals surface area (Å²) in [5.74, 6) is -0.963. The van der Waals surface area contributed by atoms with Gasteiger partial charge in [-0.3, -0.25) is 4.79 Å². The SMILES string of the molecule is CC(C#N)S(=O)(=O)NCC1(C(=O)O)CCCCC1. The van der Waals surface area contributed by atoms with E-state index in [1.807, 2.05) is 0 Å². The smallest absolute Gasteiger partial charge is 0.310 e. The van der Waals surface area contributed by atoms with Crippen molar-refractivity contribution < 1.29 is 18.3 Å². The molecule has 1 atom stereocenters. The molecule has 1 fully saturated rings. The molecule has 2 N–H and O–H groups in total. The lowest BCUT2D eigenvalue weighted by Crippen LogP contribution is -2.46. The molecule has 7 heteroatoms. The molecular weight excluding hydrogens is 256 g/mol. The predicted octanol–water partition coefficient (Wildman–Crippen LogP) is 0.853. The Morgan fingerprint density at radius 1 is 1.44 bits per heavy atom. The molecule has 0 aromatic carbocycles. The van der Waals surface area contributed by atoms with Gasteiger partial charge >= 0.3 is 5.97 Å². The Hall–Kier alpha value is -1.13. The van der Waals surface area contributed by atoms with E-state index in [1.165, 1.54) is 6.92 Å². The fraction of sp³-hybridized carbons (Fsp3) is 0.818. The van der Waals surface area contributed by atoms with Crippen LogP contribution in [0.3, 0.4) is 0 Å². The van der Waals surface area contributed by atoms with Gasteiger partial charge in [-0.15, -0.1) is 0 Å². The number of sulfonamides is 1. The Labute approximate surface area is 107 Å². The summed E-state index contributed by atoms with van der Waals surface area (Å²) in [6.07, 6.45) is 3.53. The number of nitrogens with one attached hydrogen (secondary N) is 1. The van der Waals surface area contributed by atoms with Crippen molar-refractivity contribution in [3.05, 3.63) is 0 Å². The molecule has 0 aromatic heterocycles. The molecular formula is C11H18N2O4S. The number of hydrogen-bond donors (Lipinski definition) is 2. The normalized spacial score (nSPS) is 20.9. The Bertz CT molecular complexity index is 446. The van der Waals surface area contributed by atoms with Gasteiger partial charge in [0.15, 0.2) is 5.25 Å². The number of nitriles is 1. The molecule has 1 saturated carbocycles. The van der Waals surface area contributed by atoms with Crippen LogP contribution < -0.4 is 4.72 Å². The molecule has 0 amide bonds. The highest BCUT2D eigenvalue weighted by molar-refractivity contribution is 7.90. The van der Waals surface area contributed by atoms with Gasteiger partial charge in [0, 0.05) is 6.54 Å². The van der Waals surface area contributed by atoms with Gasteiger partial charge in [0.1, 0.15) is 0 Å². The Balaban J connectivity index is 2.76. The summed E-state index contributed by atoms with van der Waals surface area (Å²) in [6.45, 7) is 1.15. The second-order valence-electron chi connectivity index (χ2n) is 4.78.